The summed E-state index contributed by atoms with van der Waals surface area (Å²) in [7, 11) is 1.47. The SMILES string of the molecule is COc1ccc(-n2c(C)cc([C@H]3[C@H](c4ccccn4)NC(=S)N3c3cc(Cl)ccc3O)c2C)c([N+](=O)[O-])c1. The highest BCUT2D eigenvalue weighted by Gasteiger charge is 2.43. The Bertz CT molecular complexity index is 1560. The maximum absolute atomic E-state index is 12.0. The summed E-state index contributed by atoms with van der Waals surface area (Å²) in [5, 5.41) is 27.0. The second-order valence-corrected chi connectivity index (χ2v) is 9.73. The van der Waals surface area contributed by atoms with Gasteiger partial charge in [-0.05, 0) is 80.2 Å². The second-order valence-electron chi connectivity index (χ2n) is 8.90. The molecule has 2 atom stereocenters. The number of ether oxygens (including phenoxy) is 1. The number of nitrogens with zero attached hydrogens (tertiary/aromatic N) is 4. The minimum Gasteiger partial charge on any atom is -0.506 e. The average molecular weight is 550 g/mol. The van der Waals surface area contributed by atoms with Crippen LogP contribution in [0.3, 0.4) is 0 Å². The van der Waals surface area contributed by atoms with E-state index in [0.717, 1.165) is 22.6 Å². The van der Waals surface area contributed by atoms with Gasteiger partial charge in [-0.25, -0.2) is 0 Å². The number of halogens is 1. The molecule has 0 bridgehead atoms. The molecular weight excluding hydrogens is 526 g/mol. The quantitative estimate of drug-likeness (QED) is 0.173. The van der Waals surface area contributed by atoms with Crippen molar-refractivity contribution in [1.82, 2.24) is 14.9 Å². The Morgan fingerprint density at radius 2 is 1.92 bits per heavy atom. The molecule has 0 aliphatic carbocycles. The lowest BCUT2D eigenvalue weighted by atomic mass is 9.96. The van der Waals surface area contributed by atoms with Crippen LogP contribution in [0.1, 0.15) is 34.7 Å². The number of aryl methyl sites for hydroxylation is 1. The lowest BCUT2D eigenvalue weighted by molar-refractivity contribution is -0.384. The highest BCUT2D eigenvalue weighted by Crippen LogP contribution is 2.47. The van der Waals surface area contributed by atoms with Crippen LogP contribution >= 0.6 is 23.8 Å². The van der Waals surface area contributed by atoms with E-state index in [1.807, 2.05) is 47.6 Å². The van der Waals surface area contributed by atoms with Gasteiger partial charge in [0.2, 0.25) is 0 Å². The number of aromatic hydroxyl groups is 1. The number of aromatic nitrogens is 2. The van der Waals surface area contributed by atoms with E-state index >= 15 is 0 Å². The number of pyridine rings is 1. The molecule has 194 valence electrons. The maximum atomic E-state index is 12.0. The minimum atomic E-state index is -0.445. The molecule has 11 heteroatoms. The number of hydrogen-bond acceptors (Lipinski definition) is 6. The molecule has 3 heterocycles. The van der Waals surface area contributed by atoms with Gasteiger partial charge in [0.15, 0.2) is 5.11 Å². The maximum Gasteiger partial charge on any atom is 0.296 e. The van der Waals surface area contributed by atoms with Crippen molar-refractivity contribution in [2.75, 3.05) is 12.0 Å². The summed E-state index contributed by atoms with van der Waals surface area (Å²) in [6.07, 6.45) is 1.71. The van der Waals surface area contributed by atoms with E-state index in [2.05, 4.69) is 10.3 Å². The van der Waals surface area contributed by atoms with E-state index in [-0.39, 0.29) is 17.5 Å². The van der Waals surface area contributed by atoms with E-state index in [0.29, 0.717) is 27.3 Å². The fourth-order valence-corrected chi connectivity index (χ4v) is 5.55. The third-order valence-electron chi connectivity index (χ3n) is 6.70. The van der Waals surface area contributed by atoms with E-state index in [9.17, 15) is 15.2 Å². The number of nitro benzene ring substituents is 1. The molecule has 1 saturated heterocycles. The van der Waals surface area contributed by atoms with Gasteiger partial charge < -0.3 is 24.6 Å². The number of thiocarbonyl (C=S) groups is 1. The number of anilines is 1. The van der Waals surface area contributed by atoms with Gasteiger partial charge in [0.1, 0.15) is 17.2 Å². The van der Waals surface area contributed by atoms with Crippen molar-refractivity contribution in [3.63, 3.8) is 0 Å². The first-order valence-corrected chi connectivity index (χ1v) is 12.5. The highest BCUT2D eigenvalue weighted by molar-refractivity contribution is 7.80. The predicted octanol–water partition coefficient (Wildman–Crippen LogP) is 5.94. The van der Waals surface area contributed by atoms with Gasteiger partial charge in [0, 0.05) is 22.6 Å². The molecule has 1 aliphatic rings. The number of nitro groups is 1. The molecule has 2 aromatic carbocycles. The summed E-state index contributed by atoms with van der Waals surface area (Å²) < 4.78 is 7.06. The summed E-state index contributed by atoms with van der Waals surface area (Å²) in [4.78, 5) is 18.0. The number of hydrogen-bond donors (Lipinski definition) is 2. The molecular formula is C27H24ClN5O4S. The van der Waals surface area contributed by atoms with Crippen molar-refractivity contribution >= 4 is 40.3 Å². The van der Waals surface area contributed by atoms with Crippen molar-refractivity contribution in [2.45, 2.75) is 25.9 Å². The van der Waals surface area contributed by atoms with Crippen LogP contribution in [0.4, 0.5) is 11.4 Å². The molecule has 0 spiro atoms. The normalized spacial score (nSPS) is 16.9. The van der Waals surface area contributed by atoms with Gasteiger partial charge in [-0.1, -0.05) is 17.7 Å². The van der Waals surface area contributed by atoms with Crippen LogP contribution in [-0.4, -0.2) is 31.8 Å². The van der Waals surface area contributed by atoms with Crippen LogP contribution in [0, 0.1) is 24.0 Å². The molecule has 9 nitrogen and oxygen atoms in total. The molecule has 38 heavy (non-hydrogen) atoms. The van der Waals surface area contributed by atoms with Crippen LogP contribution in [-0.2, 0) is 0 Å². The highest BCUT2D eigenvalue weighted by atomic mass is 35.5. The lowest BCUT2D eigenvalue weighted by Crippen LogP contribution is -2.29. The molecule has 1 fully saturated rings. The Balaban J connectivity index is 1.73. The third kappa shape index (κ3) is 4.31. The zero-order valence-corrected chi connectivity index (χ0v) is 22.3. The topological polar surface area (TPSA) is 106 Å². The molecule has 2 aromatic heterocycles. The summed E-state index contributed by atoms with van der Waals surface area (Å²) in [5.74, 6) is 0.413. The van der Waals surface area contributed by atoms with Gasteiger partial charge >= 0.3 is 0 Å². The van der Waals surface area contributed by atoms with E-state index in [4.69, 9.17) is 28.6 Å². The van der Waals surface area contributed by atoms with Crippen molar-refractivity contribution in [3.05, 3.63) is 105 Å². The van der Waals surface area contributed by atoms with E-state index in [1.54, 1.807) is 30.5 Å². The molecule has 1 aliphatic heterocycles. The lowest BCUT2D eigenvalue weighted by Gasteiger charge is -2.28. The molecule has 0 saturated carbocycles. The molecule has 5 rings (SSSR count). The van der Waals surface area contributed by atoms with Crippen LogP contribution < -0.4 is 15.0 Å². The molecule has 0 unspecified atom stereocenters. The largest absolute Gasteiger partial charge is 0.506 e. The first-order valence-electron chi connectivity index (χ1n) is 11.7. The number of benzene rings is 2. The molecule has 4 aromatic rings. The van der Waals surface area contributed by atoms with Gasteiger partial charge in [-0.15, -0.1) is 0 Å². The van der Waals surface area contributed by atoms with Crippen LogP contribution in [0.5, 0.6) is 11.5 Å². The Hall–Kier alpha value is -4.15. The molecule has 0 radical (unpaired) electrons. The third-order valence-corrected chi connectivity index (χ3v) is 7.25. The first-order chi connectivity index (χ1) is 18.2. The summed E-state index contributed by atoms with van der Waals surface area (Å²) >= 11 is 12.1. The van der Waals surface area contributed by atoms with Crippen molar-refractivity contribution in [2.24, 2.45) is 0 Å². The smallest absolute Gasteiger partial charge is 0.296 e. The van der Waals surface area contributed by atoms with Crippen LogP contribution in [0.2, 0.25) is 5.02 Å². The Labute approximate surface area is 229 Å². The Morgan fingerprint density at radius 1 is 1.13 bits per heavy atom. The van der Waals surface area contributed by atoms with Gasteiger partial charge in [0.05, 0.1) is 41.6 Å². The second kappa shape index (κ2) is 9.96. The number of phenols is 1. The number of phenolic OH excluding ortho intramolecular Hbond substituents is 1. The first kappa shape index (κ1) is 25.5. The Kier molecular flexibility index (Phi) is 6.68. The number of methoxy groups -OCH3 is 1. The van der Waals surface area contributed by atoms with Crippen molar-refractivity contribution in [3.8, 4) is 17.2 Å². The van der Waals surface area contributed by atoms with Crippen molar-refractivity contribution < 1.29 is 14.8 Å². The number of rotatable bonds is 6. The Morgan fingerprint density at radius 3 is 2.61 bits per heavy atom. The van der Waals surface area contributed by atoms with Crippen LogP contribution in [0.15, 0.2) is 66.9 Å². The zero-order chi connectivity index (χ0) is 27.1. The monoisotopic (exact) mass is 549 g/mol. The van der Waals surface area contributed by atoms with E-state index < -0.39 is 11.0 Å². The molecule has 2 N–H and O–H groups in total. The zero-order valence-electron chi connectivity index (χ0n) is 20.8. The van der Waals surface area contributed by atoms with Gasteiger partial charge in [-0.3, -0.25) is 15.1 Å². The van der Waals surface area contributed by atoms with Crippen LogP contribution in [0.25, 0.3) is 5.69 Å². The standard InChI is InChI=1S/C27H24ClN5O4S/c1-15-12-19(16(2)31(15)21-9-8-18(37-3)14-22(21)33(35)36)26-25(20-6-4-5-11-29-20)30-27(38)32(26)23-13-17(28)7-10-24(23)34/h4-14,25-26,34H,1-3H3,(H,30,38)/t25-,26-/m0/s1. The summed E-state index contributed by atoms with van der Waals surface area (Å²) in [6.45, 7) is 3.80. The minimum absolute atomic E-state index is 0.0184. The fraction of sp³-hybridized carbons (Fsp3) is 0.185. The van der Waals surface area contributed by atoms with Crippen molar-refractivity contribution in [1.29, 1.82) is 0 Å². The fourth-order valence-electron chi connectivity index (χ4n) is 5.04. The van der Waals surface area contributed by atoms with E-state index in [1.165, 1.54) is 19.2 Å². The van der Waals surface area contributed by atoms with Gasteiger partial charge in [-0.2, -0.15) is 0 Å². The number of nitrogens with one attached hydrogen (secondary N) is 1. The summed E-state index contributed by atoms with van der Waals surface area (Å²) in [5.41, 5.74) is 3.96. The summed E-state index contributed by atoms with van der Waals surface area (Å²) in [6, 6.07) is 16.4. The van der Waals surface area contributed by atoms with Gasteiger partial charge in [0.25, 0.3) is 5.69 Å². The molecule has 0 amide bonds. The predicted molar refractivity (Wildman–Crippen MR) is 149 cm³/mol. The average Bonchev–Trinajstić information content (AvgIpc) is 3.40.